The number of ether oxygens (including phenoxy) is 2. The Morgan fingerprint density at radius 3 is 1.56 bits per heavy atom. The van der Waals surface area contributed by atoms with Gasteiger partial charge in [-0.05, 0) is 55.7 Å². The maximum Gasteiger partial charge on any atom is 0.338 e. The van der Waals surface area contributed by atoms with Gasteiger partial charge in [0, 0.05) is 0 Å². The minimum Gasteiger partial charge on any atom is -0.455 e. The summed E-state index contributed by atoms with van der Waals surface area (Å²) in [5.74, 6) is -0.624. The molecule has 0 N–H and O–H groups in total. The Bertz CT molecular complexity index is 929. The monoisotopic (exact) mass is 460 g/mol. The fourth-order valence-corrected chi connectivity index (χ4v) is 3.33. The van der Waals surface area contributed by atoms with Crippen molar-refractivity contribution in [1.82, 2.24) is 0 Å². The highest BCUT2D eigenvalue weighted by atomic mass is 16.5. The van der Waals surface area contributed by atoms with Gasteiger partial charge in [0.25, 0.3) is 0 Å². The molecule has 2 aromatic carbocycles. The number of allylic oxidation sites excluding steroid dienone is 4. The first-order valence-electron chi connectivity index (χ1n) is 12.2. The van der Waals surface area contributed by atoms with Gasteiger partial charge in [-0.2, -0.15) is 0 Å². The van der Waals surface area contributed by atoms with E-state index in [4.69, 9.17) is 9.47 Å². The van der Waals surface area contributed by atoms with Gasteiger partial charge in [-0.15, -0.1) is 0 Å². The first kappa shape index (κ1) is 26.8. The quantitative estimate of drug-likeness (QED) is 0.166. The second-order valence-electron chi connectivity index (χ2n) is 8.06. The molecule has 2 aromatic rings. The molecule has 0 saturated carbocycles. The molecule has 2 unspecified atom stereocenters. The van der Waals surface area contributed by atoms with E-state index >= 15 is 0 Å². The average molecular weight is 461 g/mol. The zero-order valence-electron chi connectivity index (χ0n) is 20.3. The lowest BCUT2D eigenvalue weighted by Crippen LogP contribution is -2.16. The molecule has 2 atom stereocenters. The van der Waals surface area contributed by atoms with Crippen molar-refractivity contribution in [3.05, 3.63) is 108 Å². The first-order chi connectivity index (χ1) is 16.6. The number of unbranched alkanes of at least 4 members (excludes halogenated alkanes) is 2. The summed E-state index contributed by atoms with van der Waals surface area (Å²) in [5, 5.41) is 0. The average Bonchev–Trinajstić information content (AvgIpc) is 2.87. The highest BCUT2D eigenvalue weighted by molar-refractivity contribution is 5.90. The Hall–Kier alpha value is -3.40. The van der Waals surface area contributed by atoms with E-state index in [-0.39, 0.29) is 24.1 Å². The molecule has 0 aliphatic heterocycles. The lowest BCUT2D eigenvalue weighted by Gasteiger charge is -2.14. The van der Waals surface area contributed by atoms with Crippen LogP contribution in [0, 0.1) is 0 Å². The van der Waals surface area contributed by atoms with Crippen LogP contribution in [0.4, 0.5) is 0 Å². The Labute approximate surface area is 204 Å². The molecule has 2 rings (SSSR count). The molecule has 0 spiro atoms. The van der Waals surface area contributed by atoms with E-state index in [2.05, 4.69) is 13.8 Å². The van der Waals surface area contributed by atoms with E-state index in [0.717, 1.165) is 38.5 Å². The smallest absolute Gasteiger partial charge is 0.338 e. The van der Waals surface area contributed by atoms with Gasteiger partial charge in [0.15, 0.2) is 0 Å². The molecule has 0 bridgehead atoms. The molecule has 0 heterocycles. The number of hydrogen-bond acceptors (Lipinski definition) is 4. The summed E-state index contributed by atoms with van der Waals surface area (Å²) < 4.78 is 11.3. The Morgan fingerprint density at radius 1 is 0.647 bits per heavy atom. The second-order valence-corrected chi connectivity index (χ2v) is 8.06. The molecule has 34 heavy (non-hydrogen) atoms. The predicted molar refractivity (Wildman–Crippen MR) is 138 cm³/mol. The van der Waals surface area contributed by atoms with Gasteiger partial charge in [0.1, 0.15) is 12.2 Å². The number of carbonyl (C=O) groups excluding carboxylic acids is 2. The second kappa shape index (κ2) is 16.2. The lowest BCUT2D eigenvalue weighted by molar-refractivity contribution is 0.0368. The van der Waals surface area contributed by atoms with Crippen molar-refractivity contribution in [2.45, 2.75) is 64.6 Å². The lowest BCUT2D eigenvalue weighted by atomic mass is 10.1. The van der Waals surface area contributed by atoms with Crippen molar-refractivity contribution >= 4 is 11.9 Å². The summed E-state index contributed by atoms with van der Waals surface area (Å²) in [6.45, 7) is 4.21. The highest BCUT2D eigenvalue weighted by Gasteiger charge is 2.13. The molecule has 4 heteroatoms. The molecule has 0 amide bonds. The van der Waals surface area contributed by atoms with Crippen LogP contribution < -0.4 is 0 Å². The van der Waals surface area contributed by atoms with Gasteiger partial charge in [0.05, 0.1) is 11.1 Å². The third-order valence-electron chi connectivity index (χ3n) is 5.19. The fourth-order valence-electron chi connectivity index (χ4n) is 3.33. The Morgan fingerprint density at radius 2 is 1.12 bits per heavy atom. The largest absolute Gasteiger partial charge is 0.455 e. The SMILES string of the molecule is CCCCCC(\C=C/C=C\C=C/C(CCC)OC(=O)c1ccccc1)OC(=O)c1ccccc1. The summed E-state index contributed by atoms with van der Waals surface area (Å²) in [7, 11) is 0. The molecule has 180 valence electrons. The number of rotatable bonds is 14. The van der Waals surface area contributed by atoms with Gasteiger partial charge in [-0.25, -0.2) is 9.59 Å². The van der Waals surface area contributed by atoms with Gasteiger partial charge in [-0.1, -0.05) is 93.8 Å². The molecule has 0 radical (unpaired) electrons. The summed E-state index contributed by atoms with van der Waals surface area (Å²) in [6.07, 6.45) is 16.5. The van der Waals surface area contributed by atoms with E-state index in [9.17, 15) is 9.59 Å². The molecule has 0 saturated heterocycles. The van der Waals surface area contributed by atoms with Gasteiger partial charge in [-0.3, -0.25) is 0 Å². The van der Waals surface area contributed by atoms with Crippen molar-refractivity contribution in [2.24, 2.45) is 0 Å². The molecular formula is C30H36O4. The molecule has 0 aromatic heterocycles. The van der Waals surface area contributed by atoms with E-state index in [0.29, 0.717) is 11.1 Å². The van der Waals surface area contributed by atoms with E-state index < -0.39 is 0 Å². The van der Waals surface area contributed by atoms with Crippen molar-refractivity contribution in [3.8, 4) is 0 Å². The van der Waals surface area contributed by atoms with Crippen LogP contribution in [-0.4, -0.2) is 24.1 Å². The predicted octanol–water partition coefficient (Wildman–Crippen LogP) is 7.49. The number of esters is 2. The van der Waals surface area contributed by atoms with E-state index in [1.807, 2.05) is 72.9 Å². The maximum absolute atomic E-state index is 12.4. The number of hydrogen-bond donors (Lipinski definition) is 0. The third kappa shape index (κ3) is 10.5. The zero-order chi connectivity index (χ0) is 24.4. The Kier molecular flexibility index (Phi) is 12.8. The van der Waals surface area contributed by atoms with Crippen LogP contribution in [0.5, 0.6) is 0 Å². The molecule has 0 fully saturated rings. The van der Waals surface area contributed by atoms with Crippen LogP contribution in [0.1, 0.15) is 73.1 Å². The zero-order valence-corrected chi connectivity index (χ0v) is 20.3. The van der Waals surface area contributed by atoms with Gasteiger partial charge >= 0.3 is 11.9 Å². The van der Waals surface area contributed by atoms with Gasteiger partial charge < -0.3 is 9.47 Å². The molecule has 0 aliphatic carbocycles. The van der Waals surface area contributed by atoms with Crippen molar-refractivity contribution in [2.75, 3.05) is 0 Å². The van der Waals surface area contributed by atoms with Crippen LogP contribution in [0.15, 0.2) is 97.1 Å². The topological polar surface area (TPSA) is 52.6 Å². The van der Waals surface area contributed by atoms with Crippen LogP contribution in [0.3, 0.4) is 0 Å². The van der Waals surface area contributed by atoms with Crippen LogP contribution >= 0.6 is 0 Å². The van der Waals surface area contributed by atoms with Crippen LogP contribution in [-0.2, 0) is 9.47 Å². The van der Waals surface area contributed by atoms with Crippen LogP contribution in [0.25, 0.3) is 0 Å². The maximum atomic E-state index is 12.4. The molecule has 4 nitrogen and oxygen atoms in total. The van der Waals surface area contributed by atoms with Crippen LogP contribution in [0.2, 0.25) is 0 Å². The standard InChI is InChI=1S/C30H36O4/c1-3-5-10-22-28(34-30(32)26-20-13-9-14-21-26)24-16-7-6-15-23-27(17-4-2)33-29(31)25-18-11-8-12-19-25/h6-9,11-16,18-21,23-24,27-28H,3-5,10,17,22H2,1-2H3/b7-6-,23-15-,24-16-. The summed E-state index contributed by atoms with van der Waals surface area (Å²) in [5.41, 5.74) is 1.11. The minimum atomic E-state index is -0.317. The van der Waals surface area contributed by atoms with Crippen molar-refractivity contribution in [1.29, 1.82) is 0 Å². The highest BCUT2D eigenvalue weighted by Crippen LogP contribution is 2.12. The third-order valence-corrected chi connectivity index (χ3v) is 5.19. The van der Waals surface area contributed by atoms with E-state index in [1.54, 1.807) is 24.3 Å². The van der Waals surface area contributed by atoms with Gasteiger partial charge in [0.2, 0.25) is 0 Å². The number of carbonyl (C=O) groups is 2. The van der Waals surface area contributed by atoms with Crippen molar-refractivity contribution < 1.29 is 19.1 Å². The normalized spacial score (nSPS) is 13.4. The molecule has 0 aliphatic rings. The first-order valence-corrected chi connectivity index (χ1v) is 12.2. The Balaban J connectivity index is 1.92. The van der Waals surface area contributed by atoms with Crippen molar-refractivity contribution in [3.63, 3.8) is 0 Å². The minimum absolute atomic E-state index is 0.271. The summed E-state index contributed by atoms with van der Waals surface area (Å²) in [6, 6.07) is 18.1. The summed E-state index contributed by atoms with van der Waals surface area (Å²) >= 11 is 0. The molecular weight excluding hydrogens is 424 g/mol. The fraction of sp³-hybridized carbons (Fsp3) is 0.333. The summed E-state index contributed by atoms with van der Waals surface area (Å²) in [4.78, 5) is 24.7. The van der Waals surface area contributed by atoms with E-state index in [1.165, 1.54) is 0 Å². The number of benzene rings is 2.